The van der Waals surface area contributed by atoms with Crippen LogP contribution < -0.4 is 5.73 Å². The van der Waals surface area contributed by atoms with Crippen molar-refractivity contribution in [3.8, 4) is 0 Å². The van der Waals surface area contributed by atoms with E-state index >= 15 is 0 Å². The molecule has 1 rings (SSSR count). The van der Waals surface area contributed by atoms with Gasteiger partial charge in [0.2, 0.25) is 0 Å². The normalized spacial score (nSPS) is 10.3. The van der Waals surface area contributed by atoms with Crippen LogP contribution in [0.15, 0.2) is 36.9 Å². The Labute approximate surface area is 108 Å². The van der Waals surface area contributed by atoms with Crippen molar-refractivity contribution >= 4 is 5.76 Å². The topological polar surface area (TPSA) is 53.7 Å². The molecule has 0 fully saturated rings. The Bertz CT molecular complexity index is 327. The van der Waals surface area contributed by atoms with Crippen LogP contribution in [0.2, 0.25) is 0 Å². The van der Waals surface area contributed by atoms with Gasteiger partial charge < -0.3 is 19.9 Å². The van der Waals surface area contributed by atoms with Crippen molar-refractivity contribution in [3.05, 3.63) is 42.5 Å². The third-order valence-corrected chi connectivity index (χ3v) is 2.23. The molecule has 1 aromatic carbocycles. The van der Waals surface area contributed by atoms with E-state index in [1.807, 2.05) is 30.3 Å². The summed E-state index contributed by atoms with van der Waals surface area (Å²) in [6.07, 6.45) is 0. The van der Waals surface area contributed by atoms with Crippen molar-refractivity contribution in [3.63, 3.8) is 0 Å². The van der Waals surface area contributed by atoms with Crippen molar-refractivity contribution in [2.45, 2.75) is 0 Å². The lowest BCUT2D eigenvalue weighted by molar-refractivity contribution is 0.0353. The van der Waals surface area contributed by atoms with Gasteiger partial charge in [0, 0.05) is 12.1 Å². The molecule has 1 aromatic rings. The van der Waals surface area contributed by atoms with Crippen LogP contribution in [-0.2, 0) is 14.2 Å². The first-order valence-electron chi connectivity index (χ1n) is 6.07. The van der Waals surface area contributed by atoms with Crippen LogP contribution in [0.3, 0.4) is 0 Å². The first-order valence-corrected chi connectivity index (χ1v) is 6.07. The molecule has 0 unspecified atom stereocenters. The summed E-state index contributed by atoms with van der Waals surface area (Å²) in [7, 11) is 0. The number of ether oxygens (including phenoxy) is 3. The monoisotopic (exact) mass is 251 g/mol. The molecule has 0 spiro atoms. The Morgan fingerprint density at radius 2 is 1.56 bits per heavy atom. The van der Waals surface area contributed by atoms with Crippen molar-refractivity contribution in [2.24, 2.45) is 5.73 Å². The van der Waals surface area contributed by atoms with Gasteiger partial charge in [0.05, 0.1) is 26.4 Å². The van der Waals surface area contributed by atoms with Gasteiger partial charge in [-0.15, -0.1) is 0 Å². The van der Waals surface area contributed by atoms with Crippen LogP contribution in [0, 0.1) is 0 Å². The van der Waals surface area contributed by atoms with Gasteiger partial charge in [-0.3, -0.25) is 0 Å². The van der Waals surface area contributed by atoms with E-state index in [4.69, 9.17) is 19.9 Å². The molecule has 0 saturated heterocycles. The van der Waals surface area contributed by atoms with Gasteiger partial charge in [-0.05, 0) is 0 Å². The Balaban J connectivity index is 2.00. The molecule has 4 heteroatoms. The average molecular weight is 251 g/mol. The van der Waals surface area contributed by atoms with E-state index < -0.39 is 0 Å². The van der Waals surface area contributed by atoms with E-state index in [1.165, 1.54) is 0 Å². The van der Waals surface area contributed by atoms with Crippen LogP contribution >= 0.6 is 0 Å². The highest BCUT2D eigenvalue weighted by Gasteiger charge is 1.98. The third kappa shape index (κ3) is 6.39. The lowest BCUT2D eigenvalue weighted by atomic mass is 10.2. The zero-order valence-electron chi connectivity index (χ0n) is 10.6. The molecule has 0 aliphatic rings. The molecule has 0 amide bonds. The van der Waals surface area contributed by atoms with Crippen LogP contribution in [0.1, 0.15) is 5.56 Å². The van der Waals surface area contributed by atoms with Gasteiger partial charge in [0.25, 0.3) is 0 Å². The quantitative estimate of drug-likeness (QED) is 0.507. The molecule has 0 heterocycles. The summed E-state index contributed by atoms with van der Waals surface area (Å²) in [5.41, 5.74) is 6.27. The second-order valence-electron chi connectivity index (χ2n) is 3.65. The maximum absolute atomic E-state index is 5.48. The molecule has 0 atom stereocenters. The summed E-state index contributed by atoms with van der Waals surface area (Å²) in [6.45, 7) is 7.12. The fraction of sp³-hybridized carbons (Fsp3) is 0.429. The standard InChI is InChI=1S/C14H21NO3/c1-13(14-5-3-2-4-6-14)18-12-11-17-10-9-16-8-7-15/h2-6H,1,7-12,15H2. The molecule has 18 heavy (non-hydrogen) atoms. The van der Waals surface area contributed by atoms with Gasteiger partial charge in [-0.1, -0.05) is 36.9 Å². The van der Waals surface area contributed by atoms with Crippen LogP contribution in [0.25, 0.3) is 5.76 Å². The van der Waals surface area contributed by atoms with Crippen LogP contribution in [-0.4, -0.2) is 39.6 Å². The van der Waals surface area contributed by atoms with Gasteiger partial charge in [0.15, 0.2) is 0 Å². The second-order valence-corrected chi connectivity index (χ2v) is 3.65. The summed E-state index contributed by atoms with van der Waals surface area (Å²) < 4.78 is 16.0. The van der Waals surface area contributed by atoms with Gasteiger partial charge in [-0.25, -0.2) is 0 Å². The molecule has 4 nitrogen and oxygen atoms in total. The summed E-state index contributed by atoms with van der Waals surface area (Å²) >= 11 is 0. The molecule has 2 N–H and O–H groups in total. The number of hydrogen-bond acceptors (Lipinski definition) is 4. The molecule has 0 aromatic heterocycles. The lowest BCUT2D eigenvalue weighted by Gasteiger charge is -2.09. The Hall–Kier alpha value is -1.36. The minimum Gasteiger partial charge on any atom is -0.491 e. The number of nitrogens with two attached hydrogens (primary N) is 1. The van der Waals surface area contributed by atoms with Gasteiger partial charge in [-0.2, -0.15) is 0 Å². The van der Waals surface area contributed by atoms with E-state index in [0.29, 0.717) is 45.3 Å². The SMILES string of the molecule is C=C(OCCOCCOCCN)c1ccccc1. The molecule has 0 radical (unpaired) electrons. The first kappa shape index (κ1) is 14.7. The van der Waals surface area contributed by atoms with Crippen LogP contribution in [0.4, 0.5) is 0 Å². The summed E-state index contributed by atoms with van der Waals surface area (Å²) in [4.78, 5) is 0. The zero-order chi connectivity index (χ0) is 13.1. The van der Waals surface area contributed by atoms with Crippen molar-refractivity contribution in [1.29, 1.82) is 0 Å². The van der Waals surface area contributed by atoms with E-state index in [1.54, 1.807) is 0 Å². The second kappa shape index (κ2) is 9.65. The minimum absolute atomic E-state index is 0.491. The van der Waals surface area contributed by atoms with E-state index in [-0.39, 0.29) is 0 Å². The number of rotatable bonds is 10. The average Bonchev–Trinajstić information content (AvgIpc) is 2.42. The molecular formula is C14H21NO3. The Morgan fingerprint density at radius 3 is 2.22 bits per heavy atom. The van der Waals surface area contributed by atoms with Gasteiger partial charge >= 0.3 is 0 Å². The summed E-state index contributed by atoms with van der Waals surface area (Å²) in [5, 5.41) is 0. The highest BCUT2D eigenvalue weighted by Crippen LogP contribution is 2.12. The largest absolute Gasteiger partial charge is 0.491 e. The first-order chi connectivity index (χ1) is 8.84. The zero-order valence-corrected chi connectivity index (χ0v) is 10.6. The molecule has 0 bridgehead atoms. The van der Waals surface area contributed by atoms with E-state index in [2.05, 4.69) is 6.58 Å². The molecule has 100 valence electrons. The smallest absolute Gasteiger partial charge is 0.119 e. The van der Waals surface area contributed by atoms with E-state index in [0.717, 1.165) is 5.56 Å². The summed E-state index contributed by atoms with van der Waals surface area (Å²) in [5.74, 6) is 0.665. The third-order valence-electron chi connectivity index (χ3n) is 2.23. The Kier molecular flexibility index (Phi) is 7.88. The van der Waals surface area contributed by atoms with Gasteiger partial charge in [0.1, 0.15) is 12.4 Å². The maximum Gasteiger partial charge on any atom is 0.119 e. The minimum atomic E-state index is 0.491. The van der Waals surface area contributed by atoms with Crippen molar-refractivity contribution in [1.82, 2.24) is 0 Å². The predicted molar refractivity (Wildman–Crippen MR) is 72.1 cm³/mol. The molecule has 0 saturated carbocycles. The lowest BCUT2D eigenvalue weighted by Crippen LogP contribution is -2.13. The number of benzene rings is 1. The predicted octanol–water partition coefficient (Wildman–Crippen LogP) is 1.67. The van der Waals surface area contributed by atoms with Crippen molar-refractivity contribution < 1.29 is 14.2 Å². The molecule has 0 aliphatic heterocycles. The molecular weight excluding hydrogens is 230 g/mol. The Morgan fingerprint density at radius 1 is 0.944 bits per heavy atom. The highest BCUT2D eigenvalue weighted by atomic mass is 16.5. The fourth-order valence-electron chi connectivity index (χ4n) is 1.34. The van der Waals surface area contributed by atoms with Crippen LogP contribution in [0.5, 0.6) is 0 Å². The fourth-order valence-corrected chi connectivity index (χ4v) is 1.34. The maximum atomic E-state index is 5.48. The molecule has 0 aliphatic carbocycles. The van der Waals surface area contributed by atoms with E-state index in [9.17, 15) is 0 Å². The number of hydrogen-bond donors (Lipinski definition) is 1. The summed E-state index contributed by atoms with van der Waals surface area (Å²) in [6, 6.07) is 9.79. The van der Waals surface area contributed by atoms with Crippen molar-refractivity contribution in [2.75, 3.05) is 39.6 Å². The highest BCUT2D eigenvalue weighted by molar-refractivity contribution is 5.56.